The molecule has 0 saturated carbocycles. The fourth-order valence-electron chi connectivity index (χ4n) is 5.80. The number of benzene rings is 3. The summed E-state index contributed by atoms with van der Waals surface area (Å²) in [6.07, 6.45) is -0.991. The number of para-hydroxylation sites is 1. The Morgan fingerprint density at radius 1 is 0.848 bits per heavy atom. The van der Waals surface area contributed by atoms with Gasteiger partial charge < -0.3 is 32.6 Å². The van der Waals surface area contributed by atoms with Crippen LogP contribution in [0, 0.1) is 0 Å². The van der Waals surface area contributed by atoms with Crippen LogP contribution >= 0.6 is 0 Å². The summed E-state index contributed by atoms with van der Waals surface area (Å²) < 4.78 is 33.4. The monoisotopic (exact) mass is 620 g/mol. The lowest BCUT2D eigenvalue weighted by molar-refractivity contribution is -0.162. The van der Waals surface area contributed by atoms with Crippen LogP contribution in [0.2, 0.25) is 0 Å². The van der Waals surface area contributed by atoms with Gasteiger partial charge in [0.25, 0.3) is 6.29 Å². The van der Waals surface area contributed by atoms with Crippen molar-refractivity contribution in [3.8, 4) is 28.6 Å². The van der Waals surface area contributed by atoms with Gasteiger partial charge in [0.05, 0.1) is 23.6 Å². The van der Waals surface area contributed by atoms with E-state index in [2.05, 4.69) is 0 Å². The molecule has 0 saturated heterocycles. The summed E-state index contributed by atoms with van der Waals surface area (Å²) in [7, 11) is 1.46. The van der Waals surface area contributed by atoms with Crippen molar-refractivity contribution in [2.75, 3.05) is 7.11 Å². The van der Waals surface area contributed by atoms with Gasteiger partial charge in [0.1, 0.15) is 17.1 Å². The highest BCUT2D eigenvalue weighted by Crippen LogP contribution is 2.44. The van der Waals surface area contributed by atoms with E-state index in [1.54, 1.807) is 54.6 Å². The maximum atomic E-state index is 13.5. The van der Waals surface area contributed by atoms with Gasteiger partial charge in [0.15, 0.2) is 17.1 Å². The number of carbonyl (C=O) groups excluding carboxylic acids is 1. The minimum atomic E-state index is -1.22. The molecule has 0 bridgehead atoms. The van der Waals surface area contributed by atoms with E-state index in [1.807, 2.05) is 0 Å². The number of fused-ring (bicyclic) bond motifs is 5. The van der Waals surface area contributed by atoms with Crippen molar-refractivity contribution in [1.82, 2.24) is 0 Å². The molecular weight excluding hydrogens is 596 g/mol. The van der Waals surface area contributed by atoms with Crippen LogP contribution in [0.1, 0.15) is 41.0 Å². The fourth-order valence-corrected chi connectivity index (χ4v) is 5.80. The average molecular weight is 621 g/mol. The number of methoxy groups -OCH3 is 1. The van der Waals surface area contributed by atoms with Crippen molar-refractivity contribution in [1.29, 1.82) is 0 Å². The summed E-state index contributed by atoms with van der Waals surface area (Å²) in [5.41, 5.74) is 1.29. The Bertz CT molecular complexity index is 2380. The third kappa shape index (κ3) is 5.07. The van der Waals surface area contributed by atoms with Crippen LogP contribution in [0.3, 0.4) is 0 Å². The SMILES string of the molecule is COc1cccc2c(Cc3cc4c(oc3=O)-c3cc(Cc5cc(=O)oc6cccc(O)c56)ccc3OC4OC(C)=O)cc(=O)oc12. The van der Waals surface area contributed by atoms with Gasteiger partial charge >= 0.3 is 22.8 Å². The van der Waals surface area contributed by atoms with E-state index in [4.69, 9.17) is 27.5 Å². The molecule has 0 amide bonds. The van der Waals surface area contributed by atoms with Crippen LogP contribution in [0.15, 0.2) is 100 Å². The zero-order chi connectivity index (χ0) is 32.1. The fraction of sp³-hybridized carbons (Fsp3) is 0.143. The Labute approximate surface area is 258 Å². The van der Waals surface area contributed by atoms with Crippen LogP contribution < -0.4 is 26.4 Å². The number of ether oxygens (including phenoxy) is 3. The van der Waals surface area contributed by atoms with Crippen molar-refractivity contribution in [2.24, 2.45) is 0 Å². The first kappa shape index (κ1) is 28.7. The van der Waals surface area contributed by atoms with Crippen molar-refractivity contribution in [2.45, 2.75) is 26.1 Å². The van der Waals surface area contributed by atoms with Gasteiger partial charge in [-0.05, 0) is 59.5 Å². The Balaban J connectivity index is 1.33. The number of phenolic OH excluding ortho intramolecular Hbond substituents is 1. The molecule has 11 heteroatoms. The lowest BCUT2D eigenvalue weighted by Gasteiger charge is -2.27. The van der Waals surface area contributed by atoms with Crippen molar-refractivity contribution in [3.05, 3.63) is 132 Å². The maximum absolute atomic E-state index is 13.5. The van der Waals surface area contributed by atoms with Crippen LogP contribution in [0.4, 0.5) is 0 Å². The number of esters is 1. The van der Waals surface area contributed by atoms with E-state index < -0.39 is 29.1 Å². The lowest BCUT2D eigenvalue weighted by atomic mass is 9.95. The van der Waals surface area contributed by atoms with E-state index in [0.717, 1.165) is 0 Å². The minimum Gasteiger partial charge on any atom is -0.507 e. The average Bonchev–Trinajstić information content (AvgIpc) is 3.01. The molecule has 0 aliphatic carbocycles. The summed E-state index contributed by atoms with van der Waals surface area (Å²) in [6.45, 7) is 1.24. The summed E-state index contributed by atoms with van der Waals surface area (Å²) in [6, 6.07) is 19.1. The van der Waals surface area contributed by atoms with E-state index in [-0.39, 0.29) is 41.1 Å². The summed E-state index contributed by atoms with van der Waals surface area (Å²) in [4.78, 5) is 50.2. The second-order valence-electron chi connectivity index (χ2n) is 10.8. The normalized spacial score (nSPS) is 13.6. The van der Waals surface area contributed by atoms with Crippen molar-refractivity contribution >= 4 is 27.9 Å². The molecule has 6 aromatic rings. The molecule has 1 aliphatic heterocycles. The quantitative estimate of drug-likeness (QED) is 0.189. The van der Waals surface area contributed by atoms with Crippen LogP contribution in [-0.4, -0.2) is 18.2 Å². The number of hydrogen-bond acceptors (Lipinski definition) is 11. The number of phenols is 1. The van der Waals surface area contributed by atoms with E-state index in [0.29, 0.717) is 50.1 Å². The lowest BCUT2D eigenvalue weighted by Crippen LogP contribution is -2.22. The number of aromatic hydroxyl groups is 1. The smallest absolute Gasteiger partial charge is 0.339 e. The second-order valence-corrected chi connectivity index (χ2v) is 10.8. The Kier molecular flexibility index (Phi) is 6.93. The van der Waals surface area contributed by atoms with E-state index in [9.17, 15) is 24.3 Å². The molecule has 4 heterocycles. The predicted molar refractivity (Wildman–Crippen MR) is 164 cm³/mol. The molecule has 46 heavy (non-hydrogen) atoms. The highest BCUT2D eigenvalue weighted by Gasteiger charge is 2.32. The second kappa shape index (κ2) is 11.1. The third-order valence-corrected chi connectivity index (χ3v) is 7.74. The van der Waals surface area contributed by atoms with Gasteiger partial charge in [-0.1, -0.05) is 24.3 Å². The molecule has 1 atom stereocenters. The predicted octanol–water partition coefficient (Wildman–Crippen LogP) is 5.37. The highest BCUT2D eigenvalue weighted by molar-refractivity contribution is 5.87. The molecule has 230 valence electrons. The minimum absolute atomic E-state index is 0.00226. The first-order valence-electron chi connectivity index (χ1n) is 14.2. The molecular formula is C35H24O11. The van der Waals surface area contributed by atoms with Gasteiger partial charge in [0.2, 0.25) is 0 Å². The van der Waals surface area contributed by atoms with Crippen LogP contribution in [-0.2, 0) is 22.4 Å². The van der Waals surface area contributed by atoms with Gasteiger partial charge in [-0.25, -0.2) is 14.4 Å². The summed E-state index contributed by atoms with van der Waals surface area (Å²) in [5, 5.41) is 11.5. The molecule has 1 unspecified atom stereocenters. The molecule has 11 nitrogen and oxygen atoms in total. The van der Waals surface area contributed by atoms with Crippen molar-refractivity contribution in [3.63, 3.8) is 0 Å². The van der Waals surface area contributed by atoms with Gasteiger partial charge in [-0.3, -0.25) is 4.79 Å². The Hall–Kier alpha value is -6.10. The zero-order valence-electron chi connectivity index (χ0n) is 24.4. The summed E-state index contributed by atoms with van der Waals surface area (Å²) >= 11 is 0. The van der Waals surface area contributed by atoms with Gasteiger partial charge in [-0.2, -0.15) is 0 Å². The molecule has 3 aromatic heterocycles. The van der Waals surface area contributed by atoms with Gasteiger partial charge in [0, 0.05) is 36.4 Å². The summed E-state index contributed by atoms with van der Waals surface area (Å²) in [5.74, 6) is 0.161. The van der Waals surface area contributed by atoms with E-state index in [1.165, 1.54) is 32.2 Å². The van der Waals surface area contributed by atoms with Gasteiger partial charge in [-0.15, -0.1) is 0 Å². The Morgan fingerprint density at radius 3 is 2.43 bits per heavy atom. The first-order valence-corrected chi connectivity index (χ1v) is 14.2. The topological polar surface area (TPSA) is 156 Å². The molecule has 0 spiro atoms. The standard InChI is InChI=1S/C35H24O11/c1-17(36)42-35-24-14-21(13-19-15-30(39)45-33-22(19)5-3-8-28(33)41-2)34(40)46-32(24)23-12-18(9-10-26(23)44-35)11-20-16-29(38)43-27-7-4-6-25(37)31(20)27/h3-10,12,14-16,35,37H,11,13H2,1-2H3. The number of carbonyl (C=O) groups is 1. The molecule has 3 aromatic carbocycles. The number of hydrogen-bond donors (Lipinski definition) is 1. The molecule has 1 aliphatic rings. The largest absolute Gasteiger partial charge is 0.507 e. The molecule has 0 radical (unpaired) electrons. The Morgan fingerprint density at radius 2 is 1.63 bits per heavy atom. The van der Waals surface area contributed by atoms with Crippen LogP contribution in [0.25, 0.3) is 33.3 Å². The van der Waals surface area contributed by atoms with Crippen molar-refractivity contribution < 1.29 is 37.4 Å². The first-order chi connectivity index (χ1) is 22.2. The molecule has 1 N–H and O–H groups in total. The van der Waals surface area contributed by atoms with Crippen LogP contribution in [0.5, 0.6) is 17.2 Å². The molecule has 7 rings (SSSR count). The third-order valence-electron chi connectivity index (χ3n) is 7.74. The maximum Gasteiger partial charge on any atom is 0.339 e. The zero-order valence-corrected chi connectivity index (χ0v) is 24.4. The molecule has 0 fully saturated rings. The number of rotatable bonds is 6. The highest BCUT2D eigenvalue weighted by atomic mass is 16.7. The van der Waals surface area contributed by atoms with E-state index >= 15 is 0 Å².